The van der Waals surface area contributed by atoms with Crippen molar-refractivity contribution in [2.24, 2.45) is 17.3 Å². The topological polar surface area (TPSA) is 98.6 Å². The number of ether oxygens (including phenoxy) is 1. The number of carbonyl (C=O) groups is 2. The molecular weight excluding hydrogens is 430 g/mol. The van der Waals surface area contributed by atoms with Gasteiger partial charge < -0.3 is 4.74 Å². The molecule has 2 atom stereocenters. The van der Waals surface area contributed by atoms with Crippen LogP contribution in [0.2, 0.25) is 0 Å². The van der Waals surface area contributed by atoms with Crippen molar-refractivity contribution in [3.05, 3.63) is 57.8 Å². The lowest BCUT2D eigenvalue weighted by Crippen LogP contribution is -2.38. The van der Waals surface area contributed by atoms with E-state index in [1.807, 2.05) is 44.2 Å². The van der Waals surface area contributed by atoms with Crippen molar-refractivity contribution in [3.8, 4) is 5.69 Å². The van der Waals surface area contributed by atoms with Crippen LogP contribution in [0.3, 0.4) is 0 Å². The van der Waals surface area contributed by atoms with Crippen LogP contribution in [0.1, 0.15) is 48.4 Å². The standard InChI is InChI=1S/C23H25N3O5S/c1-13-18(14(2)26(24-13)15-8-6-5-7-9-15)22(28)31-12-25-21(27)19-16-10-11-17(23(16,3)4)20(19)32(25,29)30/h5-9,16-17H,10-12H2,1-4H3. The number of para-hydroxylation sites is 1. The van der Waals surface area contributed by atoms with Gasteiger partial charge in [-0.05, 0) is 50.2 Å². The highest BCUT2D eigenvalue weighted by Crippen LogP contribution is 2.64. The third kappa shape index (κ3) is 2.66. The number of fused-ring (bicyclic) bond motifs is 4. The molecule has 0 saturated heterocycles. The summed E-state index contributed by atoms with van der Waals surface area (Å²) >= 11 is 0. The second kappa shape index (κ2) is 6.78. The predicted octanol–water partition coefficient (Wildman–Crippen LogP) is 3.10. The lowest BCUT2D eigenvalue weighted by atomic mass is 9.79. The van der Waals surface area contributed by atoms with Gasteiger partial charge in [0.1, 0.15) is 5.56 Å². The minimum Gasteiger partial charge on any atom is -0.439 e. The number of sulfonamides is 1. The maximum Gasteiger partial charge on any atom is 0.343 e. The number of hydrogen-bond acceptors (Lipinski definition) is 6. The van der Waals surface area contributed by atoms with Gasteiger partial charge in [0, 0.05) is 11.5 Å². The summed E-state index contributed by atoms with van der Waals surface area (Å²) in [6.07, 6.45) is 1.57. The Labute approximate surface area is 186 Å². The molecule has 1 aromatic carbocycles. The largest absolute Gasteiger partial charge is 0.439 e. The van der Waals surface area contributed by atoms with Crippen LogP contribution in [0.25, 0.3) is 5.69 Å². The molecular formula is C23H25N3O5S. The highest BCUT2D eigenvalue weighted by atomic mass is 32.2. The molecule has 2 unspecified atom stereocenters. The molecule has 1 aromatic heterocycles. The van der Waals surface area contributed by atoms with E-state index in [-0.39, 0.29) is 27.7 Å². The van der Waals surface area contributed by atoms with Gasteiger partial charge in [-0.2, -0.15) is 9.40 Å². The van der Waals surface area contributed by atoms with Crippen LogP contribution < -0.4 is 0 Å². The molecule has 32 heavy (non-hydrogen) atoms. The Morgan fingerprint density at radius 2 is 1.81 bits per heavy atom. The molecule has 168 valence electrons. The van der Waals surface area contributed by atoms with E-state index in [1.54, 1.807) is 18.5 Å². The molecule has 1 saturated carbocycles. The van der Waals surface area contributed by atoms with Gasteiger partial charge in [0.15, 0.2) is 6.73 Å². The van der Waals surface area contributed by atoms with E-state index in [0.29, 0.717) is 21.3 Å². The molecule has 8 nitrogen and oxygen atoms in total. The van der Waals surface area contributed by atoms with Gasteiger partial charge in [0.05, 0.1) is 22.0 Å². The van der Waals surface area contributed by atoms with Crippen LogP contribution in [-0.4, -0.2) is 41.1 Å². The second-order valence-corrected chi connectivity index (χ2v) is 11.1. The first-order valence-corrected chi connectivity index (χ1v) is 12.1. The minimum atomic E-state index is -3.99. The summed E-state index contributed by atoms with van der Waals surface area (Å²) < 4.78 is 34.0. The van der Waals surface area contributed by atoms with E-state index < -0.39 is 28.6 Å². The third-order valence-electron chi connectivity index (χ3n) is 7.30. The summed E-state index contributed by atoms with van der Waals surface area (Å²) in [5, 5.41) is 4.42. The molecule has 1 amide bonds. The fourth-order valence-electron chi connectivity index (χ4n) is 5.68. The number of carbonyl (C=O) groups excluding carboxylic acids is 2. The van der Waals surface area contributed by atoms with Crippen LogP contribution in [-0.2, 0) is 19.6 Å². The first-order valence-electron chi connectivity index (χ1n) is 10.7. The lowest BCUT2D eigenvalue weighted by molar-refractivity contribution is -0.125. The van der Waals surface area contributed by atoms with E-state index in [4.69, 9.17) is 4.74 Å². The first kappa shape index (κ1) is 20.9. The average Bonchev–Trinajstić information content (AvgIpc) is 3.36. The normalized spacial score (nSPS) is 24.9. The van der Waals surface area contributed by atoms with Gasteiger partial charge in [-0.3, -0.25) is 4.79 Å². The number of aromatic nitrogens is 2. The van der Waals surface area contributed by atoms with Crippen LogP contribution in [0.5, 0.6) is 0 Å². The highest BCUT2D eigenvalue weighted by molar-refractivity contribution is 7.94. The highest BCUT2D eigenvalue weighted by Gasteiger charge is 2.63. The van der Waals surface area contributed by atoms with Crippen LogP contribution in [0, 0.1) is 31.1 Å². The smallest absolute Gasteiger partial charge is 0.343 e. The maximum atomic E-state index is 13.2. The zero-order valence-electron chi connectivity index (χ0n) is 18.5. The molecule has 9 heteroatoms. The fourth-order valence-corrected chi connectivity index (χ4v) is 7.71. The maximum absolute atomic E-state index is 13.2. The molecule has 1 fully saturated rings. The summed E-state index contributed by atoms with van der Waals surface area (Å²) in [6.45, 7) is 6.85. The number of aryl methyl sites for hydroxylation is 1. The summed E-state index contributed by atoms with van der Waals surface area (Å²) in [5.41, 5.74) is 2.26. The average molecular weight is 456 g/mol. The molecule has 0 N–H and O–H groups in total. The lowest BCUT2D eigenvalue weighted by Gasteiger charge is -2.29. The number of hydrogen-bond donors (Lipinski definition) is 0. The van der Waals surface area contributed by atoms with Gasteiger partial charge in [-0.1, -0.05) is 32.0 Å². The third-order valence-corrected chi connectivity index (χ3v) is 9.22. The van der Waals surface area contributed by atoms with Gasteiger partial charge in [0.25, 0.3) is 15.9 Å². The fraction of sp³-hybridized carbons (Fsp3) is 0.435. The summed E-state index contributed by atoms with van der Waals surface area (Å²) in [4.78, 5) is 26.1. The summed E-state index contributed by atoms with van der Waals surface area (Å²) in [5.74, 6) is -1.49. The van der Waals surface area contributed by atoms with E-state index in [9.17, 15) is 18.0 Å². The quantitative estimate of drug-likeness (QED) is 0.657. The van der Waals surface area contributed by atoms with Crippen molar-refractivity contribution in [3.63, 3.8) is 0 Å². The van der Waals surface area contributed by atoms with Crippen LogP contribution in [0.4, 0.5) is 0 Å². The van der Waals surface area contributed by atoms with E-state index in [2.05, 4.69) is 5.10 Å². The first-order chi connectivity index (χ1) is 15.1. The van der Waals surface area contributed by atoms with Crippen molar-refractivity contribution >= 4 is 21.9 Å². The Hall–Kier alpha value is -2.94. The molecule has 5 rings (SSSR count). The number of allylic oxidation sites excluding steroid dienone is 1. The molecule has 2 aromatic rings. The number of esters is 1. The summed E-state index contributed by atoms with van der Waals surface area (Å²) in [6, 6.07) is 9.36. The minimum absolute atomic E-state index is 0.0703. The molecule has 0 spiro atoms. The van der Waals surface area contributed by atoms with E-state index >= 15 is 0 Å². The predicted molar refractivity (Wildman–Crippen MR) is 116 cm³/mol. The van der Waals surface area contributed by atoms with Crippen molar-refractivity contribution < 1.29 is 22.7 Å². The number of amides is 1. The van der Waals surface area contributed by atoms with E-state index in [0.717, 1.165) is 18.5 Å². The van der Waals surface area contributed by atoms with E-state index in [1.165, 1.54) is 0 Å². The van der Waals surface area contributed by atoms with Crippen LogP contribution >= 0.6 is 0 Å². The van der Waals surface area contributed by atoms with Gasteiger partial charge in [-0.15, -0.1) is 0 Å². The number of benzene rings is 1. The van der Waals surface area contributed by atoms with Crippen molar-refractivity contribution in [2.75, 3.05) is 6.73 Å². The number of rotatable bonds is 4. The van der Waals surface area contributed by atoms with Crippen molar-refractivity contribution in [1.82, 2.24) is 14.1 Å². The zero-order chi connectivity index (χ0) is 23.0. The Morgan fingerprint density at radius 1 is 1.16 bits per heavy atom. The van der Waals surface area contributed by atoms with Crippen LogP contribution in [0.15, 0.2) is 40.8 Å². The SMILES string of the molecule is Cc1nn(-c2ccccc2)c(C)c1C(=O)OCN1C(=O)C2=C(C3CCC2C3(C)C)S1(=O)=O. The Balaban J connectivity index is 1.38. The Kier molecular flexibility index (Phi) is 4.43. The molecule has 2 bridgehead atoms. The molecule has 2 heterocycles. The monoisotopic (exact) mass is 455 g/mol. The van der Waals surface area contributed by atoms with Gasteiger partial charge in [-0.25, -0.2) is 17.9 Å². The van der Waals surface area contributed by atoms with Gasteiger partial charge >= 0.3 is 5.97 Å². The van der Waals surface area contributed by atoms with Gasteiger partial charge in [0.2, 0.25) is 0 Å². The van der Waals surface area contributed by atoms with Crippen molar-refractivity contribution in [1.29, 1.82) is 0 Å². The molecule has 0 radical (unpaired) electrons. The van der Waals surface area contributed by atoms with Crippen molar-refractivity contribution in [2.45, 2.75) is 40.5 Å². The molecule has 1 aliphatic heterocycles. The Bertz CT molecular complexity index is 1290. The molecule has 3 aliphatic rings. The summed E-state index contributed by atoms with van der Waals surface area (Å²) in [7, 11) is -3.99. The number of nitrogens with zero attached hydrogens (tertiary/aromatic N) is 3. The Morgan fingerprint density at radius 3 is 2.47 bits per heavy atom. The zero-order valence-corrected chi connectivity index (χ0v) is 19.3. The molecule has 2 aliphatic carbocycles. The second-order valence-electron chi connectivity index (χ2n) is 9.29.